The third kappa shape index (κ3) is 3.61. The normalized spacial score (nSPS) is 11.9. The maximum Gasteiger partial charge on any atom is 0.138 e. The van der Waals surface area contributed by atoms with E-state index >= 15 is 0 Å². The largest absolute Gasteiger partial charge is 0.491 e. The van der Waals surface area contributed by atoms with Crippen LogP contribution in [0.25, 0.3) is 11.0 Å². The fourth-order valence-corrected chi connectivity index (χ4v) is 1.82. The predicted octanol–water partition coefficient (Wildman–Crippen LogP) is 3.61. The van der Waals surface area contributed by atoms with Crippen molar-refractivity contribution in [3.05, 3.63) is 36.2 Å². The highest BCUT2D eigenvalue weighted by Crippen LogP contribution is 2.24. The van der Waals surface area contributed by atoms with Gasteiger partial charge in [0, 0.05) is 17.7 Å². The van der Waals surface area contributed by atoms with E-state index in [1.807, 2.05) is 24.4 Å². The number of pyridine rings is 1. The fourth-order valence-electron chi connectivity index (χ4n) is 1.82. The molecular formula is C16H19N3O. The second-order valence-corrected chi connectivity index (χ2v) is 5.97. The third-order valence-electron chi connectivity index (χ3n) is 2.79. The lowest BCUT2D eigenvalue weighted by atomic mass is 9.99. The van der Waals surface area contributed by atoms with E-state index in [0.29, 0.717) is 13.0 Å². The van der Waals surface area contributed by atoms with Crippen molar-refractivity contribution in [1.29, 1.82) is 5.26 Å². The molecule has 0 bridgehead atoms. The van der Waals surface area contributed by atoms with Crippen molar-refractivity contribution in [2.75, 3.05) is 6.61 Å². The third-order valence-corrected chi connectivity index (χ3v) is 2.79. The number of rotatable bonds is 4. The minimum Gasteiger partial charge on any atom is -0.491 e. The average molecular weight is 269 g/mol. The summed E-state index contributed by atoms with van der Waals surface area (Å²) in [4.78, 5) is 7.49. The molecule has 4 heteroatoms. The molecule has 4 nitrogen and oxygen atoms in total. The second-order valence-electron chi connectivity index (χ2n) is 5.97. The number of aromatic nitrogens is 2. The zero-order chi connectivity index (χ0) is 14.6. The van der Waals surface area contributed by atoms with Gasteiger partial charge in [-0.15, -0.1) is 0 Å². The van der Waals surface area contributed by atoms with E-state index in [2.05, 4.69) is 30.7 Å². The number of H-pyrrole nitrogens is 1. The van der Waals surface area contributed by atoms with Gasteiger partial charge < -0.3 is 9.72 Å². The van der Waals surface area contributed by atoms with Gasteiger partial charge in [-0.25, -0.2) is 4.98 Å². The number of nitriles is 1. The minimum atomic E-state index is 0.117. The van der Waals surface area contributed by atoms with Crippen molar-refractivity contribution in [3.63, 3.8) is 0 Å². The van der Waals surface area contributed by atoms with Crippen LogP contribution in [0.15, 0.2) is 30.6 Å². The topological polar surface area (TPSA) is 61.7 Å². The molecular weight excluding hydrogens is 250 g/mol. The lowest BCUT2D eigenvalue weighted by Crippen LogP contribution is -2.16. The van der Waals surface area contributed by atoms with Crippen LogP contribution in [0.5, 0.6) is 5.75 Å². The molecule has 0 aliphatic heterocycles. The molecule has 0 spiro atoms. The fraction of sp³-hybridized carbons (Fsp3) is 0.375. The number of allylic oxidation sites excluding steroid dienone is 2. The van der Waals surface area contributed by atoms with Gasteiger partial charge in [-0.05, 0) is 23.5 Å². The first-order chi connectivity index (χ1) is 9.49. The monoisotopic (exact) mass is 269 g/mol. The lowest BCUT2D eigenvalue weighted by molar-refractivity contribution is 0.197. The summed E-state index contributed by atoms with van der Waals surface area (Å²) in [5.74, 6) is 0.775. The zero-order valence-corrected chi connectivity index (χ0v) is 12.1. The smallest absolute Gasteiger partial charge is 0.138 e. The van der Waals surface area contributed by atoms with Crippen molar-refractivity contribution < 1.29 is 4.74 Å². The minimum absolute atomic E-state index is 0.117. The lowest BCUT2D eigenvalue weighted by Gasteiger charge is -2.18. The Morgan fingerprint density at radius 3 is 2.95 bits per heavy atom. The van der Waals surface area contributed by atoms with Gasteiger partial charge in [-0.3, -0.25) is 0 Å². The quantitative estimate of drug-likeness (QED) is 0.862. The highest BCUT2D eigenvalue weighted by Gasteiger charge is 2.12. The maximum absolute atomic E-state index is 8.52. The molecule has 0 fully saturated rings. The number of nitrogens with zero attached hydrogens (tertiary/aromatic N) is 2. The van der Waals surface area contributed by atoms with Crippen LogP contribution in [-0.4, -0.2) is 16.6 Å². The van der Waals surface area contributed by atoms with E-state index in [1.165, 1.54) is 6.08 Å². The molecule has 2 aromatic heterocycles. The summed E-state index contributed by atoms with van der Waals surface area (Å²) in [7, 11) is 0. The first-order valence-electron chi connectivity index (χ1n) is 6.63. The van der Waals surface area contributed by atoms with Crippen LogP contribution in [0, 0.1) is 16.7 Å². The summed E-state index contributed by atoms with van der Waals surface area (Å²) < 4.78 is 5.78. The van der Waals surface area contributed by atoms with Crippen LogP contribution in [0.2, 0.25) is 0 Å². The van der Waals surface area contributed by atoms with Crippen LogP contribution in [-0.2, 0) is 6.42 Å². The van der Waals surface area contributed by atoms with Crippen LogP contribution in [0.1, 0.15) is 26.3 Å². The molecule has 0 saturated heterocycles. The van der Waals surface area contributed by atoms with Gasteiger partial charge in [0.1, 0.15) is 11.4 Å². The molecule has 0 saturated carbocycles. The van der Waals surface area contributed by atoms with Crippen LogP contribution in [0.4, 0.5) is 0 Å². The van der Waals surface area contributed by atoms with Gasteiger partial charge in [0.15, 0.2) is 0 Å². The molecule has 0 atom stereocenters. The summed E-state index contributed by atoms with van der Waals surface area (Å²) in [5, 5.41) is 9.56. The van der Waals surface area contributed by atoms with E-state index in [-0.39, 0.29) is 5.41 Å². The molecule has 2 aromatic rings. The van der Waals surface area contributed by atoms with Crippen molar-refractivity contribution in [3.8, 4) is 11.8 Å². The molecule has 0 unspecified atom stereocenters. The summed E-state index contributed by atoms with van der Waals surface area (Å²) >= 11 is 0. The number of fused-ring (bicyclic) bond motifs is 1. The second kappa shape index (κ2) is 5.79. The van der Waals surface area contributed by atoms with Gasteiger partial charge in [0.2, 0.25) is 0 Å². The highest BCUT2D eigenvalue weighted by atomic mass is 16.5. The van der Waals surface area contributed by atoms with Gasteiger partial charge >= 0.3 is 0 Å². The Hall–Kier alpha value is -2.28. The maximum atomic E-state index is 8.52. The van der Waals surface area contributed by atoms with Gasteiger partial charge in [0.05, 0.1) is 18.9 Å². The molecule has 2 rings (SSSR count). The van der Waals surface area contributed by atoms with Crippen LogP contribution >= 0.6 is 0 Å². The summed E-state index contributed by atoms with van der Waals surface area (Å²) in [6.07, 6.45) is 7.70. The Kier molecular flexibility index (Phi) is 4.09. The first kappa shape index (κ1) is 14.1. The summed E-state index contributed by atoms with van der Waals surface area (Å²) in [6, 6.07) is 4.00. The number of nitrogens with one attached hydrogen (secondary N) is 1. The Morgan fingerprint density at radius 2 is 2.25 bits per heavy atom. The summed E-state index contributed by atoms with van der Waals surface area (Å²) in [6.45, 7) is 7.04. The number of hydrogen-bond donors (Lipinski definition) is 1. The standard InChI is InChI=1S/C16H19N3O/c1-16(2,3)11-20-13-8-14-12(6-4-5-7-17)9-18-15(14)19-10-13/h4-5,8-10H,6,11H2,1-3H3,(H,18,19)/b5-4-. The SMILES string of the molecule is CC(C)(C)COc1cnc2[nH]cc(C/C=C\C#N)c2c1. The molecule has 0 aromatic carbocycles. The molecule has 0 radical (unpaired) electrons. The van der Waals surface area contributed by atoms with Crippen molar-refractivity contribution in [2.24, 2.45) is 5.41 Å². The number of hydrogen-bond acceptors (Lipinski definition) is 3. The van der Waals surface area contributed by atoms with E-state index in [0.717, 1.165) is 22.3 Å². The molecule has 2 heterocycles. The van der Waals surface area contributed by atoms with Gasteiger partial charge in [-0.2, -0.15) is 5.26 Å². The van der Waals surface area contributed by atoms with Crippen LogP contribution < -0.4 is 4.74 Å². The summed E-state index contributed by atoms with van der Waals surface area (Å²) in [5.41, 5.74) is 2.07. The van der Waals surface area contributed by atoms with Crippen molar-refractivity contribution >= 4 is 11.0 Å². The van der Waals surface area contributed by atoms with Crippen molar-refractivity contribution in [2.45, 2.75) is 27.2 Å². The first-order valence-corrected chi connectivity index (χ1v) is 6.63. The Morgan fingerprint density at radius 1 is 1.45 bits per heavy atom. The molecule has 0 aliphatic carbocycles. The van der Waals surface area contributed by atoms with E-state index in [4.69, 9.17) is 10.00 Å². The van der Waals surface area contributed by atoms with Crippen LogP contribution in [0.3, 0.4) is 0 Å². The number of ether oxygens (including phenoxy) is 1. The van der Waals surface area contributed by atoms with E-state index in [1.54, 1.807) is 6.20 Å². The molecule has 0 aliphatic rings. The Balaban J connectivity index is 2.21. The highest BCUT2D eigenvalue weighted by molar-refractivity contribution is 5.81. The van der Waals surface area contributed by atoms with Gasteiger partial charge in [0.25, 0.3) is 0 Å². The van der Waals surface area contributed by atoms with Crippen molar-refractivity contribution in [1.82, 2.24) is 9.97 Å². The molecule has 1 N–H and O–H groups in total. The Labute approximate surface area is 119 Å². The zero-order valence-electron chi connectivity index (χ0n) is 12.1. The number of aromatic amines is 1. The molecule has 0 amide bonds. The van der Waals surface area contributed by atoms with E-state index < -0.39 is 0 Å². The average Bonchev–Trinajstić information content (AvgIpc) is 2.79. The molecule has 104 valence electrons. The predicted molar refractivity (Wildman–Crippen MR) is 79.5 cm³/mol. The Bertz CT molecular complexity index is 656. The van der Waals surface area contributed by atoms with E-state index in [9.17, 15) is 0 Å². The van der Waals surface area contributed by atoms with Gasteiger partial charge in [-0.1, -0.05) is 26.8 Å². The molecule has 20 heavy (non-hydrogen) atoms.